The highest BCUT2D eigenvalue weighted by Crippen LogP contribution is 2.38. The first-order valence-corrected chi connectivity index (χ1v) is 9.21. The van der Waals surface area contributed by atoms with E-state index in [1.54, 1.807) is 0 Å². The summed E-state index contributed by atoms with van der Waals surface area (Å²) in [6, 6.07) is 0. The van der Waals surface area contributed by atoms with E-state index in [2.05, 4.69) is 15.5 Å². The van der Waals surface area contributed by atoms with Gasteiger partial charge in [-0.1, -0.05) is 0 Å². The minimum Gasteiger partial charge on any atom is -0.379 e. The van der Waals surface area contributed by atoms with E-state index in [1.165, 1.54) is 11.3 Å². The van der Waals surface area contributed by atoms with Gasteiger partial charge in [0.25, 0.3) is 5.91 Å². The smallest absolute Gasteiger partial charge is 0.314 e. The summed E-state index contributed by atoms with van der Waals surface area (Å²) < 4.78 is 5.26. The lowest BCUT2D eigenvalue weighted by atomic mass is 10.1. The zero-order chi connectivity index (χ0) is 17.8. The Morgan fingerprint density at radius 3 is 2.64 bits per heavy atom. The van der Waals surface area contributed by atoms with Crippen LogP contribution in [0, 0.1) is 0 Å². The van der Waals surface area contributed by atoms with Gasteiger partial charge in [0.1, 0.15) is 5.00 Å². The zero-order valence-corrected chi connectivity index (χ0v) is 14.7. The third-order valence-electron chi connectivity index (χ3n) is 4.42. The van der Waals surface area contributed by atoms with Gasteiger partial charge in [-0.15, -0.1) is 11.3 Å². The molecule has 136 valence electrons. The Morgan fingerprint density at radius 1 is 1.16 bits per heavy atom. The fourth-order valence-corrected chi connectivity index (χ4v) is 4.44. The number of carbonyl (C=O) groups excluding carboxylic acids is 3. The van der Waals surface area contributed by atoms with Crippen LogP contribution in [0.2, 0.25) is 0 Å². The van der Waals surface area contributed by atoms with Crippen molar-refractivity contribution >= 4 is 34.1 Å². The number of hydrogen-bond donors (Lipinski definition) is 3. The molecule has 1 aromatic rings. The number of nitrogens with zero attached hydrogens (tertiary/aromatic N) is 1. The van der Waals surface area contributed by atoms with Crippen LogP contribution >= 0.6 is 11.3 Å². The Bertz CT molecular complexity index is 682. The van der Waals surface area contributed by atoms with Crippen LogP contribution in [0.5, 0.6) is 0 Å². The first-order valence-electron chi connectivity index (χ1n) is 8.40. The molecule has 3 rings (SSSR count). The van der Waals surface area contributed by atoms with E-state index in [-0.39, 0.29) is 0 Å². The van der Waals surface area contributed by atoms with Crippen molar-refractivity contribution in [3.05, 3.63) is 16.0 Å². The Balaban J connectivity index is 1.53. The average Bonchev–Trinajstić information content (AvgIpc) is 3.15. The highest BCUT2D eigenvalue weighted by molar-refractivity contribution is 7.17. The van der Waals surface area contributed by atoms with Crippen LogP contribution in [0.25, 0.3) is 0 Å². The van der Waals surface area contributed by atoms with Gasteiger partial charge < -0.3 is 21.1 Å². The number of hydrogen-bond acceptors (Lipinski definition) is 6. The fraction of sp³-hybridized carbons (Fsp3) is 0.562. The number of aryl methyl sites for hydroxylation is 1. The van der Waals surface area contributed by atoms with Crippen molar-refractivity contribution in [2.24, 2.45) is 5.73 Å². The lowest BCUT2D eigenvalue weighted by Gasteiger charge is -2.26. The highest BCUT2D eigenvalue weighted by atomic mass is 32.1. The van der Waals surface area contributed by atoms with Crippen LogP contribution in [-0.4, -0.2) is 62.0 Å². The van der Waals surface area contributed by atoms with Gasteiger partial charge >= 0.3 is 11.8 Å². The van der Waals surface area contributed by atoms with Gasteiger partial charge in [0, 0.05) is 31.1 Å². The topological polar surface area (TPSA) is 114 Å². The zero-order valence-electron chi connectivity index (χ0n) is 13.9. The van der Waals surface area contributed by atoms with Crippen LogP contribution in [0.15, 0.2) is 0 Å². The van der Waals surface area contributed by atoms with Crippen molar-refractivity contribution in [3.8, 4) is 0 Å². The summed E-state index contributed by atoms with van der Waals surface area (Å²) in [5.41, 5.74) is 6.72. The van der Waals surface area contributed by atoms with Crippen molar-refractivity contribution < 1.29 is 19.1 Å². The van der Waals surface area contributed by atoms with Crippen molar-refractivity contribution in [1.82, 2.24) is 10.2 Å². The molecule has 3 amide bonds. The second-order valence-corrected chi connectivity index (χ2v) is 7.19. The van der Waals surface area contributed by atoms with Crippen molar-refractivity contribution in [2.45, 2.75) is 19.3 Å². The lowest BCUT2D eigenvalue weighted by molar-refractivity contribution is -0.136. The summed E-state index contributed by atoms with van der Waals surface area (Å²) in [6.07, 6.45) is 2.64. The number of morpholine rings is 1. The number of ether oxygens (including phenoxy) is 1. The van der Waals surface area contributed by atoms with Crippen molar-refractivity contribution in [2.75, 3.05) is 44.7 Å². The Morgan fingerprint density at radius 2 is 1.92 bits per heavy atom. The monoisotopic (exact) mass is 366 g/mol. The normalized spacial score (nSPS) is 17.1. The maximum atomic E-state index is 12.1. The Labute approximate surface area is 149 Å². The number of thiophene rings is 1. The number of carbonyl (C=O) groups is 3. The van der Waals surface area contributed by atoms with Gasteiger partial charge in [0.05, 0.1) is 18.8 Å². The summed E-state index contributed by atoms with van der Waals surface area (Å²) in [4.78, 5) is 39.0. The van der Waals surface area contributed by atoms with Crippen LogP contribution in [0.1, 0.15) is 27.2 Å². The molecule has 1 saturated heterocycles. The van der Waals surface area contributed by atoms with Crippen molar-refractivity contribution in [3.63, 3.8) is 0 Å². The standard InChI is InChI=1S/C16H22N4O4S/c17-13(21)12-10-2-1-3-11(10)25-16(12)19-15(23)14(22)18-4-5-20-6-8-24-9-7-20/h1-9H2,(H2,17,21)(H,18,22)(H,19,23). The molecule has 0 unspecified atom stereocenters. The number of primary amides is 1. The minimum absolute atomic E-state index is 0.354. The molecule has 1 aromatic heterocycles. The molecule has 9 heteroatoms. The van der Waals surface area contributed by atoms with Crippen LogP contribution in [0.4, 0.5) is 5.00 Å². The number of anilines is 1. The molecule has 0 atom stereocenters. The van der Waals surface area contributed by atoms with Gasteiger partial charge in [-0.2, -0.15) is 0 Å². The van der Waals surface area contributed by atoms with Crippen LogP contribution < -0.4 is 16.4 Å². The molecule has 25 heavy (non-hydrogen) atoms. The van der Waals surface area contributed by atoms with E-state index < -0.39 is 17.7 Å². The molecule has 0 radical (unpaired) electrons. The molecule has 2 heterocycles. The molecule has 0 spiro atoms. The second kappa shape index (κ2) is 7.94. The quantitative estimate of drug-likeness (QED) is 0.621. The van der Waals surface area contributed by atoms with Gasteiger partial charge in [-0.05, 0) is 24.8 Å². The summed E-state index contributed by atoms with van der Waals surface area (Å²) in [5.74, 6) is -2.05. The molecular formula is C16H22N4O4S. The predicted octanol–water partition coefficient (Wildman–Crippen LogP) is -0.277. The number of nitrogens with two attached hydrogens (primary N) is 1. The van der Waals surface area contributed by atoms with Gasteiger partial charge in [0.15, 0.2) is 0 Å². The van der Waals surface area contributed by atoms with Gasteiger partial charge in [-0.3, -0.25) is 19.3 Å². The Kier molecular flexibility index (Phi) is 5.67. The van der Waals surface area contributed by atoms with E-state index in [0.29, 0.717) is 36.9 Å². The highest BCUT2D eigenvalue weighted by Gasteiger charge is 2.27. The molecular weight excluding hydrogens is 344 g/mol. The molecule has 2 aliphatic rings. The van der Waals surface area contributed by atoms with E-state index in [0.717, 1.165) is 42.8 Å². The molecule has 0 saturated carbocycles. The fourth-order valence-electron chi connectivity index (χ4n) is 3.15. The molecule has 0 aromatic carbocycles. The van der Waals surface area contributed by atoms with Gasteiger partial charge in [-0.25, -0.2) is 0 Å². The van der Waals surface area contributed by atoms with Gasteiger partial charge in [0.2, 0.25) is 0 Å². The molecule has 4 N–H and O–H groups in total. The molecule has 1 fully saturated rings. The summed E-state index contributed by atoms with van der Waals surface area (Å²) in [6.45, 7) is 4.08. The summed E-state index contributed by atoms with van der Waals surface area (Å²) in [5, 5.41) is 5.53. The number of nitrogens with one attached hydrogen (secondary N) is 2. The molecule has 0 bridgehead atoms. The molecule has 8 nitrogen and oxygen atoms in total. The predicted molar refractivity (Wildman–Crippen MR) is 93.8 cm³/mol. The molecule has 1 aliphatic carbocycles. The number of amides is 3. The third-order valence-corrected chi connectivity index (χ3v) is 5.63. The number of rotatable bonds is 5. The Hall–Kier alpha value is -1.97. The summed E-state index contributed by atoms with van der Waals surface area (Å²) >= 11 is 1.33. The third kappa shape index (κ3) is 4.17. The second-order valence-electron chi connectivity index (χ2n) is 6.09. The lowest BCUT2D eigenvalue weighted by Crippen LogP contribution is -2.43. The van der Waals surface area contributed by atoms with Crippen LogP contribution in [0.3, 0.4) is 0 Å². The van der Waals surface area contributed by atoms with Crippen molar-refractivity contribution in [1.29, 1.82) is 0 Å². The maximum absolute atomic E-state index is 12.1. The van der Waals surface area contributed by atoms with E-state index in [4.69, 9.17) is 10.5 Å². The maximum Gasteiger partial charge on any atom is 0.314 e. The number of fused-ring (bicyclic) bond motifs is 1. The van der Waals surface area contributed by atoms with E-state index in [9.17, 15) is 14.4 Å². The van der Waals surface area contributed by atoms with E-state index >= 15 is 0 Å². The molecule has 1 aliphatic heterocycles. The minimum atomic E-state index is -0.774. The first kappa shape index (κ1) is 17.8. The first-order chi connectivity index (χ1) is 12.1. The van der Waals surface area contributed by atoms with Crippen LogP contribution in [-0.2, 0) is 27.2 Å². The summed E-state index contributed by atoms with van der Waals surface area (Å²) in [7, 11) is 0. The van der Waals surface area contributed by atoms with E-state index in [1.807, 2.05) is 0 Å². The SMILES string of the molecule is NC(=O)c1c(NC(=O)C(=O)NCCN2CCOCC2)sc2c1CCC2. The largest absolute Gasteiger partial charge is 0.379 e. The average molecular weight is 366 g/mol.